The van der Waals surface area contributed by atoms with Gasteiger partial charge in [0.05, 0.1) is 6.67 Å². The van der Waals surface area contributed by atoms with Gasteiger partial charge in [-0.2, -0.15) is 0 Å². The summed E-state index contributed by atoms with van der Waals surface area (Å²) in [5, 5.41) is 3.79. The first kappa shape index (κ1) is 22.4. The molecule has 7 nitrogen and oxygen atoms in total. The van der Waals surface area contributed by atoms with E-state index in [1.807, 2.05) is 24.3 Å². The van der Waals surface area contributed by atoms with Crippen LogP contribution in [0.5, 0.6) is 5.75 Å². The second-order valence-electron chi connectivity index (χ2n) is 9.17. The molecule has 8 heteroatoms. The molecule has 1 aliphatic carbocycles. The van der Waals surface area contributed by atoms with E-state index in [0.29, 0.717) is 18.3 Å². The van der Waals surface area contributed by atoms with Gasteiger partial charge in [-0.15, -0.1) is 0 Å². The van der Waals surface area contributed by atoms with E-state index < -0.39 is 5.54 Å². The van der Waals surface area contributed by atoms with Crippen LogP contribution < -0.4 is 10.1 Å². The van der Waals surface area contributed by atoms with Crippen LogP contribution >= 0.6 is 11.6 Å². The minimum Gasteiger partial charge on any atom is -0.492 e. The van der Waals surface area contributed by atoms with Gasteiger partial charge < -0.3 is 10.1 Å². The van der Waals surface area contributed by atoms with E-state index in [2.05, 4.69) is 29.0 Å². The van der Waals surface area contributed by atoms with Crippen LogP contribution in [0.25, 0.3) is 0 Å². The Morgan fingerprint density at radius 2 is 1.65 bits per heavy atom. The van der Waals surface area contributed by atoms with Crippen molar-refractivity contribution in [2.45, 2.75) is 38.6 Å². The Hall–Kier alpha value is -1.83. The van der Waals surface area contributed by atoms with Crippen LogP contribution in [0, 0.1) is 11.8 Å². The predicted octanol–water partition coefficient (Wildman–Crippen LogP) is 3.04. The summed E-state index contributed by atoms with van der Waals surface area (Å²) < 4.78 is 5.79. The first-order valence-electron chi connectivity index (χ1n) is 11.4. The van der Waals surface area contributed by atoms with Crippen LogP contribution in [0.1, 0.15) is 33.1 Å². The summed E-state index contributed by atoms with van der Waals surface area (Å²) in [6, 6.07) is 7.16. The summed E-state index contributed by atoms with van der Waals surface area (Å²) in [4.78, 5) is 32.0. The van der Waals surface area contributed by atoms with Crippen molar-refractivity contribution in [1.82, 2.24) is 20.0 Å². The van der Waals surface area contributed by atoms with Crippen LogP contribution in [0.2, 0.25) is 5.02 Å². The lowest BCUT2D eigenvalue weighted by Crippen LogP contribution is -2.59. The summed E-state index contributed by atoms with van der Waals surface area (Å²) in [6.45, 7) is 9.49. The van der Waals surface area contributed by atoms with Crippen LogP contribution in [0.4, 0.5) is 4.79 Å². The summed E-state index contributed by atoms with van der Waals surface area (Å²) in [5.41, 5.74) is -0.712. The Morgan fingerprint density at radius 3 is 2.29 bits per heavy atom. The first-order valence-corrected chi connectivity index (χ1v) is 11.7. The Morgan fingerprint density at radius 1 is 1.03 bits per heavy atom. The molecule has 0 bridgehead atoms. The average Bonchev–Trinajstić information content (AvgIpc) is 3.00. The zero-order valence-electron chi connectivity index (χ0n) is 18.5. The molecule has 2 aliphatic heterocycles. The molecule has 2 heterocycles. The van der Waals surface area contributed by atoms with Gasteiger partial charge in [0.1, 0.15) is 17.9 Å². The molecule has 3 amide bonds. The normalized spacial score (nSPS) is 27.0. The van der Waals surface area contributed by atoms with Crippen molar-refractivity contribution in [3.63, 3.8) is 0 Å². The van der Waals surface area contributed by atoms with Crippen molar-refractivity contribution in [3.05, 3.63) is 29.3 Å². The molecular weight excluding hydrogens is 416 g/mol. The number of rotatable bonds is 6. The molecule has 1 spiro atoms. The second kappa shape index (κ2) is 9.35. The molecule has 3 fully saturated rings. The lowest BCUT2D eigenvalue weighted by molar-refractivity contribution is -0.138. The number of hydrogen-bond donors (Lipinski definition) is 1. The molecule has 2 saturated heterocycles. The fourth-order valence-electron chi connectivity index (χ4n) is 5.26. The van der Waals surface area contributed by atoms with Gasteiger partial charge >= 0.3 is 6.03 Å². The number of hydrogen-bond acceptors (Lipinski definition) is 5. The molecule has 0 aromatic heterocycles. The molecule has 2 atom stereocenters. The number of carbonyl (C=O) groups excluding carboxylic acids is 2. The highest BCUT2D eigenvalue weighted by molar-refractivity contribution is 6.30. The second-order valence-corrected chi connectivity index (χ2v) is 9.61. The molecule has 0 radical (unpaired) electrons. The quantitative estimate of drug-likeness (QED) is 0.677. The van der Waals surface area contributed by atoms with Crippen LogP contribution in [-0.2, 0) is 4.79 Å². The molecule has 31 heavy (non-hydrogen) atoms. The Balaban J connectivity index is 1.24. The maximum atomic E-state index is 13.3. The fourth-order valence-corrected chi connectivity index (χ4v) is 5.38. The van der Waals surface area contributed by atoms with Crippen LogP contribution in [0.3, 0.4) is 0 Å². The first-order chi connectivity index (χ1) is 14.9. The lowest BCUT2D eigenvalue weighted by Gasteiger charge is -2.42. The van der Waals surface area contributed by atoms with Gasteiger partial charge in [0.2, 0.25) is 0 Å². The van der Waals surface area contributed by atoms with Gasteiger partial charge in [-0.3, -0.25) is 14.6 Å². The lowest BCUT2D eigenvalue weighted by atomic mass is 9.67. The molecule has 1 saturated carbocycles. The standard InChI is InChI=1S/C23H33ClN4O3/c1-17-4-3-5-18(2)23(17)21(29)28(22(30)25-23)16-27-12-10-26(11-13-27)14-15-31-20-8-6-19(24)7-9-20/h6-9,17-18H,3-5,10-16H2,1-2H3,(H,25,30)/t17-,18-/m0/s1. The van der Waals surface area contributed by atoms with Crippen molar-refractivity contribution in [3.8, 4) is 5.75 Å². The number of carbonyl (C=O) groups is 2. The number of halogens is 1. The third-order valence-electron chi connectivity index (χ3n) is 7.28. The summed E-state index contributed by atoms with van der Waals surface area (Å²) in [5.74, 6) is 1.14. The van der Waals surface area contributed by atoms with Crippen LogP contribution in [-0.4, -0.2) is 78.2 Å². The van der Waals surface area contributed by atoms with Crippen molar-refractivity contribution in [2.24, 2.45) is 11.8 Å². The van der Waals surface area contributed by atoms with Gasteiger partial charge in [0.15, 0.2) is 0 Å². The topological polar surface area (TPSA) is 65.1 Å². The number of urea groups is 1. The molecule has 1 aromatic carbocycles. The molecule has 0 unspecified atom stereocenters. The predicted molar refractivity (Wildman–Crippen MR) is 120 cm³/mol. The maximum absolute atomic E-state index is 13.3. The number of benzene rings is 1. The minimum absolute atomic E-state index is 0.0315. The molecule has 1 aromatic rings. The van der Waals surface area contributed by atoms with Gasteiger partial charge in [-0.1, -0.05) is 31.9 Å². The molecule has 4 rings (SSSR count). The number of piperazine rings is 1. The number of ether oxygens (including phenoxy) is 1. The van der Waals surface area contributed by atoms with E-state index >= 15 is 0 Å². The maximum Gasteiger partial charge on any atom is 0.326 e. The van der Waals surface area contributed by atoms with Crippen molar-refractivity contribution >= 4 is 23.5 Å². The monoisotopic (exact) mass is 448 g/mol. The zero-order valence-corrected chi connectivity index (χ0v) is 19.2. The SMILES string of the molecule is C[C@H]1CCC[C@H](C)C12NC(=O)N(CN1CCN(CCOc3ccc(Cl)cc3)CC1)C2=O. The number of amides is 3. The van der Waals surface area contributed by atoms with E-state index in [0.717, 1.165) is 57.7 Å². The van der Waals surface area contributed by atoms with Crippen molar-refractivity contribution in [2.75, 3.05) is 46.0 Å². The van der Waals surface area contributed by atoms with Crippen molar-refractivity contribution in [1.29, 1.82) is 0 Å². The summed E-state index contributed by atoms with van der Waals surface area (Å²) in [7, 11) is 0. The Labute approximate surface area is 189 Å². The summed E-state index contributed by atoms with van der Waals surface area (Å²) >= 11 is 5.90. The van der Waals surface area contributed by atoms with E-state index in [1.54, 1.807) is 0 Å². The van der Waals surface area contributed by atoms with Gasteiger partial charge in [-0.25, -0.2) is 9.69 Å². The number of imide groups is 1. The molecule has 1 N–H and O–H groups in total. The zero-order chi connectivity index (χ0) is 22.0. The van der Waals surface area contributed by atoms with E-state index in [4.69, 9.17) is 16.3 Å². The smallest absolute Gasteiger partial charge is 0.326 e. The third-order valence-corrected chi connectivity index (χ3v) is 7.54. The van der Waals surface area contributed by atoms with Gasteiger partial charge in [0.25, 0.3) is 5.91 Å². The highest BCUT2D eigenvalue weighted by Gasteiger charge is 2.58. The fraction of sp³-hybridized carbons (Fsp3) is 0.652. The van der Waals surface area contributed by atoms with E-state index in [1.165, 1.54) is 4.90 Å². The number of nitrogens with one attached hydrogen (secondary N) is 1. The molecule has 3 aliphatic rings. The number of nitrogens with zero attached hydrogens (tertiary/aromatic N) is 3. The molecular formula is C23H33ClN4O3. The van der Waals surface area contributed by atoms with E-state index in [-0.39, 0.29) is 23.8 Å². The average molecular weight is 449 g/mol. The van der Waals surface area contributed by atoms with Crippen LogP contribution in [0.15, 0.2) is 24.3 Å². The van der Waals surface area contributed by atoms with Gasteiger partial charge in [0, 0.05) is 37.7 Å². The Bertz CT molecular complexity index is 785. The van der Waals surface area contributed by atoms with Crippen molar-refractivity contribution < 1.29 is 14.3 Å². The largest absolute Gasteiger partial charge is 0.492 e. The van der Waals surface area contributed by atoms with E-state index in [9.17, 15) is 9.59 Å². The Kier molecular flexibility index (Phi) is 6.74. The summed E-state index contributed by atoms with van der Waals surface area (Å²) in [6.07, 6.45) is 3.10. The highest BCUT2D eigenvalue weighted by atomic mass is 35.5. The third kappa shape index (κ3) is 4.54. The highest BCUT2D eigenvalue weighted by Crippen LogP contribution is 2.42. The van der Waals surface area contributed by atoms with Gasteiger partial charge in [-0.05, 0) is 48.9 Å². The molecule has 170 valence electrons. The minimum atomic E-state index is -0.712.